The summed E-state index contributed by atoms with van der Waals surface area (Å²) in [5.74, 6) is 0.914. The first-order chi connectivity index (χ1) is 8.84. The molecule has 0 radical (unpaired) electrons. The molecule has 2 rings (SSSR count). The van der Waals surface area contributed by atoms with Crippen LogP contribution in [0.3, 0.4) is 0 Å². The molecule has 18 heavy (non-hydrogen) atoms. The Bertz CT molecular complexity index is 319. The van der Waals surface area contributed by atoms with E-state index in [1.54, 1.807) is 0 Å². The summed E-state index contributed by atoms with van der Waals surface area (Å²) < 4.78 is 0. The second-order valence-electron chi connectivity index (χ2n) is 5.27. The highest BCUT2D eigenvalue weighted by Gasteiger charge is 2.15. The lowest BCUT2D eigenvalue weighted by atomic mass is 10.0. The van der Waals surface area contributed by atoms with Crippen LogP contribution in [0.5, 0.6) is 0 Å². The van der Waals surface area contributed by atoms with Crippen LogP contribution < -0.4 is 0 Å². The molecule has 0 amide bonds. The molecule has 2 heteroatoms. The Kier molecular flexibility index (Phi) is 6.09. The third-order valence-corrected chi connectivity index (χ3v) is 5.21. The Morgan fingerprint density at radius 2 is 1.83 bits per heavy atom. The van der Waals surface area contributed by atoms with Gasteiger partial charge in [0, 0.05) is 11.0 Å². The third kappa shape index (κ3) is 5.03. The molecule has 1 fully saturated rings. The second kappa shape index (κ2) is 7.85. The fourth-order valence-electron chi connectivity index (χ4n) is 2.54. The molecule has 1 saturated carbocycles. The molecule has 1 aliphatic rings. The summed E-state index contributed by atoms with van der Waals surface area (Å²) in [5, 5.41) is 10.8. The molecule has 1 aromatic rings. The van der Waals surface area contributed by atoms with Gasteiger partial charge in [-0.25, -0.2) is 0 Å². The quantitative estimate of drug-likeness (QED) is 0.836. The van der Waals surface area contributed by atoms with Gasteiger partial charge in [0.1, 0.15) is 0 Å². The summed E-state index contributed by atoms with van der Waals surface area (Å²) >= 11 is 1.99. The Labute approximate surface area is 115 Å². The summed E-state index contributed by atoms with van der Waals surface area (Å²) in [7, 11) is 0. The molecule has 0 heterocycles. The van der Waals surface area contributed by atoms with Crippen molar-refractivity contribution in [3.05, 3.63) is 35.9 Å². The lowest BCUT2D eigenvalue weighted by Crippen LogP contribution is -2.16. The Morgan fingerprint density at radius 3 is 2.56 bits per heavy atom. The fraction of sp³-hybridized carbons (Fsp3) is 0.625. The van der Waals surface area contributed by atoms with E-state index < -0.39 is 0 Å². The predicted octanol–water partition coefficient (Wildman–Crippen LogP) is 4.05. The Hall–Kier alpha value is -0.470. The van der Waals surface area contributed by atoms with Gasteiger partial charge in [0.05, 0.1) is 6.10 Å². The summed E-state index contributed by atoms with van der Waals surface area (Å²) in [6.45, 7) is 0. The number of rotatable bonds is 6. The van der Waals surface area contributed by atoms with Crippen LogP contribution in [-0.4, -0.2) is 22.2 Å². The van der Waals surface area contributed by atoms with Gasteiger partial charge in [0.2, 0.25) is 0 Å². The maximum atomic E-state index is 10.0. The lowest BCUT2D eigenvalue weighted by molar-refractivity contribution is 0.189. The van der Waals surface area contributed by atoms with Crippen molar-refractivity contribution >= 4 is 11.8 Å². The molecule has 1 aromatic carbocycles. The van der Waals surface area contributed by atoms with Crippen LogP contribution >= 0.6 is 11.8 Å². The van der Waals surface area contributed by atoms with Crippen molar-refractivity contribution in [1.29, 1.82) is 0 Å². The van der Waals surface area contributed by atoms with Crippen molar-refractivity contribution in [2.45, 2.75) is 56.3 Å². The third-order valence-electron chi connectivity index (χ3n) is 3.69. The molecule has 0 saturated heterocycles. The van der Waals surface area contributed by atoms with Gasteiger partial charge in [0.25, 0.3) is 0 Å². The van der Waals surface area contributed by atoms with Gasteiger partial charge < -0.3 is 5.11 Å². The van der Waals surface area contributed by atoms with Crippen molar-refractivity contribution in [2.24, 2.45) is 0 Å². The van der Waals surface area contributed by atoms with E-state index in [1.807, 2.05) is 17.8 Å². The number of aliphatic hydroxyl groups is 1. The van der Waals surface area contributed by atoms with Crippen molar-refractivity contribution < 1.29 is 5.11 Å². The molecule has 0 aromatic heterocycles. The minimum absolute atomic E-state index is 0.142. The minimum Gasteiger partial charge on any atom is -0.392 e. The molecule has 1 atom stereocenters. The van der Waals surface area contributed by atoms with Gasteiger partial charge in [-0.2, -0.15) is 11.8 Å². The van der Waals surface area contributed by atoms with Gasteiger partial charge >= 0.3 is 0 Å². The Morgan fingerprint density at radius 1 is 1.11 bits per heavy atom. The Balaban J connectivity index is 1.61. The van der Waals surface area contributed by atoms with E-state index in [2.05, 4.69) is 24.3 Å². The number of aliphatic hydroxyl groups excluding tert-OH is 1. The van der Waals surface area contributed by atoms with Crippen molar-refractivity contribution in [3.8, 4) is 0 Å². The summed E-state index contributed by atoms with van der Waals surface area (Å²) in [6.07, 6.45) is 8.64. The van der Waals surface area contributed by atoms with Crippen LogP contribution in [0.25, 0.3) is 0 Å². The molecule has 1 nitrogen and oxygen atoms in total. The monoisotopic (exact) mass is 264 g/mol. The standard InChI is InChI=1S/C16H24OS/c17-15(12-11-14-7-3-1-4-8-14)13-18-16-9-5-2-6-10-16/h1,3-4,7-8,15-17H,2,5-6,9-13H2. The molecule has 0 aliphatic heterocycles. The van der Waals surface area contributed by atoms with Gasteiger partial charge in [-0.05, 0) is 31.2 Å². The average molecular weight is 264 g/mol. The van der Waals surface area contributed by atoms with Crippen LogP contribution in [0.2, 0.25) is 0 Å². The van der Waals surface area contributed by atoms with E-state index in [4.69, 9.17) is 0 Å². The number of hydrogen-bond donors (Lipinski definition) is 1. The van der Waals surface area contributed by atoms with Gasteiger partial charge in [-0.3, -0.25) is 0 Å². The molecular weight excluding hydrogens is 240 g/mol. The van der Waals surface area contributed by atoms with E-state index in [0.717, 1.165) is 23.8 Å². The maximum absolute atomic E-state index is 10.0. The van der Waals surface area contributed by atoms with Gasteiger partial charge in [0.15, 0.2) is 0 Å². The molecule has 100 valence electrons. The van der Waals surface area contributed by atoms with E-state index in [-0.39, 0.29) is 6.10 Å². The van der Waals surface area contributed by atoms with Crippen molar-refractivity contribution in [1.82, 2.24) is 0 Å². The van der Waals surface area contributed by atoms with Crippen molar-refractivity contribution in [2.75, 3.05) is 5.75 Å². The molecule has 0 spiro atoms. The lowest BCUT2D eigenvalue weighted by Gasteiger charge is -2.22. The van der Waals surface area contributed by atoms with E-state index in [0.29, 0.717) is 0 Å². The summed E-state index contributed by atoms with van der Waals surface area (Å²) in [6, 6.07) is 10.5. The number of hydrogen-bond acceptors (Lipinski definition) is 2. The van der Waals surface area contributed by atoms with Crippen LogP contribution in [-0.2, 0) is 6.42 Å². The first kappa shape index (κ1) is 14.0. The largest absolute Gasteiger partial charge is 0.392 e. The van der Waals surface area contributed by atoms with Gasteiger partial charge in [-0.1, -0.05) is 49.6 Å². The molecule has 0 bridgehead atoms. The second-order valence-corrected chi connectivity index (χ2v) is 6.60. The van der Waals surface area contributed by atoms with E-state index in [1.165, 1.54) is 37.7 Å². The summed E-state index contributed by atoms with van der Waals surface area (Å²) in [5.41, 5.74) is 1.33. The minimum atomic E-state index is -0.142. The molecule has 1 aliphatic carbocycles. The maximum Gasteiger partial charge on any atom is 0.0633 e. The van der Waals surface area contributed by atoms with Crippen LogP contribution in [0.1, 0.15) is 44.1 Å². The highest BCUT2D eigenvalue weighted by Crippen LogP contribution is 2.28. The van der Waals surface area contributed by atoms with Crippen LogP contribution in [0.15, 0.2) is 30.3 Å². The van der Waals surface area contributed by atoms with Crippen LogP contribution in [0, 0.1) is 0 Å². The molecule has 1 unspecified atom stereocenters. The first-order valence-electron chi connectivity index (χ1n) is 7.18. The van der Waals surface area contributed by atoms with Gasteiger partial charge in [-0.15, -0.1) is 0 Å². The fourth-order valence-corrected chi connectivity index (χ4v) is 3.87. The highest BCUT2D eigenvalue weighted by molar-refractivity contribution is 7.99. The van der Waals surface area contributed by atoms with E-state index >= 15 is 0 Å². The zero-order valence-electron chi connectivity index (χ0n) is 11.1. The topological polar surface area (TPSA) is 20.2 Å². The molecule has 1 N–H and O–H groups in total. The number of aryl methyl sites for hydroxylation is 1. The smallest absolute Gasteiger partial charge is 0.0633 e. The molecular formula is C16H24OS. The first-order valence-corrected chi connectivity index (χ1v) is 8.23. The zero-order valence-corrected chi connectivity index (χ0v) is 11.9. The normalized spacial score (nSPS) is 18.7. The highest BCUT2D eigenvalue weighted by atomic mass is 32.2. The van der Waals surface area contributed by atoms with Crippen molar-refractivity contribution in [3.63, 3.8) is 0 Å². The average Bonchev–Trinajstić information content (AvgIpc) is 2.45. The SMILES string of the molecule is OC(CCc1ccccc1)CSC1CCCCC1. The van der Waals surface area contributed by atoms with E-state index in [9.17, 15) is 5.11 Å². The number of benzene rings is 1. The zero-order chi connectivity index (χ0) is 12.6. The van der Waals surface area contributed by atoms with Crippen LogP contribution in [0.4, 0.5) is 0 Å². The summed E-state index contributed by atoms with van der Waals surface area (Å²) in [4.78, 5) is 0. The predicted molar refractivity (Wildman–Crippen MR) is 80.1 cm³/mol. The number of thioether (sulfide) groups is 1.